The van der Waals surface area contributed by atoms with E-state index in [4.69, 9.17) is 0 Å². The summed E-state index contributed by atoms with van der Waals surface area (Å²) in [6.07, 6.45) is 1.86. The molecule has 1 aromatic carbocycles. The molecular weight excluding hydrogens is 222 g/mol. The first-order valence-electron chi connectivity index (χ1n) is 6.45. The maximum absolute atomic E-state index is 4.36. The molecule has 0 aliphatic carbocycles. The number of benzene rings is 1. The lowest BCUT2D eigenvalue weighted by Crippen LogP contribution is -2.12. The van der Waals surface area contributed by atoms with Crippen molar-refractivity contribution in [3.63, 3.8) is 0 Å². The summed E-state index contributed by atoms with van der Waals surface area (Å²) in [5.74, 6) is 0.587. The standard InChI is InChI=1S/C15H21N3/c1-12(2)14-6-4-13(5-7-14)11-18-15(10-16-3)8-9-17-18/h4-9,12,16H,10-11H2,1-3H3. The number of hydrogen-bond donors (Lipinski definition) is 1. The summed E-state index contributed by atoms with van der Waals surface area (Å²) in [4.78, 5) is 0. The molecule has 1 heterocycles. The number of nitrogens with zero attached hydrogens (tertiary/aromatic N) is 2. The fourth-order valence-electron chi connectivity index (χ4n) is 2.01. The zero-order chi connectivity index (χ0) is 13.0. The van der Waals surface area contributed by atoms with Gasteiger partial charge in [0, 0.05) is 12.7 Å². The molecule has 0 aliphatic heterocycles. The Kier molecular flexibility index (Phi) is 4.15. The summed E-state index contributed by atoms with van der Waals surface area (Å²) in [6.45, 7) is 6.12. The monoisotopic (exact) mass is 243 g/mol. The minimum absolute atomic E-state index is 0.587. The third-order valence-electron chi connectivity index (χ3n) is 3.14. The first kappa shape index (κ1) is 12.8. The van der Waals surface area contributed by atoms with Crippen LogP contribution in [0.1, 0.15) is 36.6 Å². The summed E-state index contributed by atoms with van der Waals surface area (Å²) in [5, 5.41) is 7.52. The average Bonchev–Trinajstić information content (AvgIpc) is 2.78. The van der Waals surface area contributed by atoms with E-state index in [1.165, 1.54) is 16.8 Å². The highest BCUT2D eigenvalue weighted by atomic mass is 15.3. The molecule has 0 amide bonds. The van der Waals surface area contributed by atoms with Crippen LogP contribution in [0.5, 0.6) is 0 Å². The smallest absolute Gasteiger partial charge is 0.0663 e. The molecule has 1 N–H and O–H groups in total. The van der Waals surface area contributed by atoms with Gasteiger partial charge in [-0.15, -0.1) is 0 Å². The Balaban J connectivity index is 2.11. The van der Waals surface area contributed by atoms with Gasteiger partial charge >= 0.3 is 0 Å². The molecule has 0 saturated carbocycles. The van der Waals surface area contributed by atoms with Crippen molar-refractivity contribution in [2.75, 3.05) is 7.05 Å². The van der Waals surface area contributed by atoms with E-state index in [9.17, 15) is 0 Å². The van der Waals surface area contributed by atoms with Crippen molar-refractivity contribution in [2.45, 2.75) is 32.9 Å². The third kappa shape index (κ3) is 2.99. The second-order valence-corrected chi connectivity index (χ2v) is 4.91. The average molecular weight is 243 g/mol. The highest BCUT2D eigenvalue weighted by Gasteiger charge is 2.03. The molecule has 2 aromatic rings. The number of rotatable bonds is 5. The van der Waals surface area contributed by atoms with Gasteiger partial charge in [-0.2, -0.15) is 5.10 Å². The number of nitrogens with one attached hydrogen (secondary N) is 1. The Morgan fingerprint density at radius 3 is 2.50 bits per heavy atom. The maximum atomic E-state index is 4.36. The maximum Gasteiger partial charge on any atom is 0.0663 e. The molecule has 0 saturated heterocycles. The van der Waals surface area contributed by atoms with E-state index in [0.717, 1.165) is 13.1 Å². The van der Waals surface area contributed by atoms with Gasteiger partial charge in [0.15, 0.2) is 0 Å². The van der Waals surface area contributed by atoms with Gasteiger partial charge in [0.25, 0.3) is 0 Å². The molecule has 1 aromatic heterocycles. The largest absolute Gasteiger partial charge is 0.314 e. The van der Waals surface area contributed by atoms with Gasteiger partial charge in [0.1, 0.15) is 0 Å². The highest BCUT2D eigenvalue weighted by Crippen LogP contribution is 2.15. The first-order chi connectivity index (χ1) is 8.70. The quantitative estimate of drug-likeness (QED) is 0.875. The summed E-state index contributed by atoms with van der Waals surface area (Å²) in [7, 11) is 1.95. The fraction of sp³-hybridized carbons (Fsp3) is 0.400. The Morgan fingerprint density at radius 2 is 1.89 bits per heavy atom. The van der Waals surface area contributed by atoms with Crippen molar-refractivity contribution in [1.82, 2.24) is 15.1 Å². The van der Waals surface area contributed by atoms with Crippen LogP contribution in [0.4, 0.5) is 0 Å². The molecule has 0 fully saturated rings. The molecule has 2 rings (SSSR count). The summed E-state index contributed by atoms with van der Waals surface area (Å²) in [6, 6.07) is 10.9. The van der Waals surface area contributed by atoms with E-state index in [2.05, 4.69) is 54.6 Å². The first-order valence-corrected chi connectivity index (χ1v) is 6.45. The van der Waals surface area contributed by atoms with Gasteiger partial charge in [0.05, 0.1) is 12.2 Å². The molecular formula is C15H21N3. The molecule has 96 valence electrons. The van der Waals surface area contributed by atoms with Crippen LogP contribution in [-0.4, -0.2) is 16.8 Å². The Bertz CT molecular complexity index is 483. The zero-order valence-corrected chi connectivity index (χ0v) is 11.4. The van der Waals surface area contributed by atoms with Crippen LogP contribution < -0.4 is 5.32 Å². The lowest BCUT2D eigenvalue weighted by molar-refractivity contribution is 0.622. The lowest BCUT2D eigenvalue weighted by Gasteiger charge is -2.09. The van der Waals surface area contributed by atoms with Gasteiger partial charge < -0.3 is 5.32 Å². The van der Waals surface area contributed by atoms with Crippen molar-refractivity contribution >= 4 is 0 Å². The number of hydrogen-bond acceptors (Lipinski definition) is 2. The highest BCUT2D eigenvalue weighted by molar-refractivity contribution is 5.25. The number of aromatic nitrogens is 2. The topological polar surface area (TPSA) is 29.9 Å². The fourth-order valence-corrected chi connectivity index (χ4v) is 2.01. The van der Waals surface area contributed by atoms with Crippen molar-refractivity contribution in [2.24, 2.45) is 0 Å². The molecule has 0 atom stereocenters. The molecule has 18 heavy (non-hydrogen) atoms. The second-order valence-electron chi connectivity index (χ2n) is 4.91. The minimum Gasteiger partial charge on any atom is -0.314 e. The van der Waals surface area contributed by atoms with Crippen LogP contribution in [0.15, 0.2) is 36.5 Å². The molecule has 0 bridgehead atoms. The van der Waals surface area contributed by atoms with E-state index in [-0.39, 0.29) is 0 Å². The van der Waals surface area contributed by atoms with Gasteiger partial charge in [0.2, 0.25) is 0 Å². The van der Waals surface area contributed by atoms with Gasteiger partial charge in [-0.3, -0.25) is 4.68 Å². The van der Waals surface area contributed by atoms with E-state index in [1.807, 2.05) is 17.9 Å². The van der Waals surface area contributed by atoms with E-state index >= 15 is 0 Å². The van der Waals surface area contributed by atoms with Crippen LogP contribution in [0.2, 0.25) is 0 Å². The molecule has 0 spiro atoms. The van der Waals surface area contributed by atoms with Crippen molar-refractivity contribution in [3.8, 4) is 0 Å². The molecule has 0 aliphatic rings. The third-order valence-corrected chi connectivity index (χ3v) is 3.14. The molecule has 0 radical (unpaired) electrons. The second kappa shape index (κ2) is 5.83. The Hall–Kier alpha value is -1.61. The van der Waals surface area contributed by atoms with Crippen molar-refractivity contribution < 1.29 is 0 Å². The molecule has 0 unspecified atom stereocenters. The Labute approximate surface area is 109 Å². The van der Waals surface area contributed by atoms with Crippen molar-refractivity contribution in [1.29, 1.82) is 0 Å². The van der Waals surface area contributed by atoms with Crippen LogP contribution in [0.25, 0.3) is 0 Å². The summed E-state index contributed by atoms with van der Waals surface area (Å²) in [5.41, 5.74) is 3.89. The normalized spacial score (nSPS) is 11.1. The van der Waals surface area contributed by atoms with Crippen LogP contribution in [-0.2, 0) is 13.1 Å². The van der Waals surface area contributed by atoms with Gasteiger partial charge in [-0.25, -0.2) is 0 Å². The zero-order valence-electron chi connectivity index (χ0n) is 11.4. The van der Waals surface area contributed by atoms with Gasteiger partial charge in [-0.1, -0.05) is 38.1 Å². The summed E-state index contributed by atoms with van der Waals surface area (Å²) >= 11 is 0. The van der Waals surface area contributed by atoms with Crippen LogP contribution >= 0.6 is 0 Å². The van der Waals surface area contributed by atoms with Crippen LogP contribution in [0, 0.1) is 0 Å². The van der Waals surface area contributed by atoms with Crippen LogP contribution in [0.3, 0.4) is 0 Å². The predicted molar refractivity (Wildman–Crippen MR) is 74.6 cm³/mol. The van der Waals surface area contributed by atoms with E-state index in [1.54, 1.807) is 0 Å². The van der Waals surface area contributed by atoms with E-state index in [0.29, 0.717) is 5.92 Å². The van der Waals surface area contributed by atoms with E-state index < -0.39 is 0 Å². The predicted octanol–water partition coefficient (Wildman–Crippen LogP) is 2.77. The molecule has 3 heteroatoms. The Morgan fingerprint density at radius 1 is 1.17 bits per heavy atom. The van der Waals surface area contributed by atoms with Gasteiger partial charge in [-0.05, 0) is 30.2 Å². The minimum atomic E-state index is 0.587. The van der Waals surface area contributed by atoms with Crippen molar-refractivity contribution in [3.05, 3.63) is 53.3 Å². The summed E-state index contributed by atoms with van der Waals surface area (Å²) < 4.78 is 2.04. The lowest BCUT2D eigenvalue weighted by atomic mass is 10.0. The SMILES string of the molecule is CNCc1ccnn1Cc1ccc(C(C)C)cc1. The molecule has 3 nitrogen and oxygen atoms in total.